The van der Waals surface area contributed by atoms with Crippen molar-refractivity contribution >= 4 is 5.91 Å². The molecule has 0 aliphatic heterocycles. The van der Waals surface area contributed by atoms with Crippen molar-refractivity contribution in [1.29, 1.82) is 5.26 Å². The summed E-state index contributed by atoms with van der Waals surface area (Å²) in [5.74, 6) is -2.96. The van der Waals surface area contributed by atoms with Gasteiger partial charge in [0.25, 0.3) is 0 Å². The van der Waals surface area contributed by atoms with E-state index in [4.69, 9.17) is 5.11 Å². The van der Waals surface area contributed by atoms with E-state index in [0.717, 1.165) is 20.0 Å². The van der Waals surface area contributed by atoms with Crippen LogP contribution in [-0.2, 0) is 4.79 Å². The summed E-state index contributed by atoms with van der Waals surface area (Å²) in [6, 6.07) is 2.16. The van der Waals surface area contributed by atoms with Gasteiger partial charge >= 0.3 is 0 Å². The fourth-order valence-electron chi connectivity index (χ4n) is 3.53. The highest BCUT2D eigenvalue weighted by atomic mass is 19.3. The number of halogens is 2. The smallest absolute Gasteiger partial charge is 0.248 e. The lowest BCUT2D eigenvalue weighted by Crippen LogP contribution is -2.46. The third kappa shape index (κ3) is 6.06. The van der Waals surface area contributed by atoms with E-state index in [0.29, 0.717) is 19.3 Å². The Morgan fingerprint density at radius 1 is 1.22 bits per heavy atom. The molecule has 0 radical (unpaired) electrons. The molecule has 6 heteroatoms. The lowest BCUT2D eigenvalue weighted by molar-refractivity contribution is -0.122. The fraction of sp³-hybridized carbons (Fsp3) is 0.882. The van der Waals surface area contributed by atoms with Gasteiger partial charge in [0, 0.05) is 26.4 Å². The second-order valence-corrected chi connectivity index (χ2v) is 6.04. The van der Waals surface area contributed by atoms with Gasteiger partial charge in [-0.1, -0.05) is 27.2 Å². The number of unbranched alkanes of at least 4 members (excludes halogenated alkanes) is 1. The largest absolute Gasteiger partial charge is 0.400 e. The Kier molecular flexibility index (Phi) is 9.29. The van der Waals surface area contributed by atoms with Gasteiger partial charge in [-0.15, -0.1) is 0 Å². The highest BCUT2D eigenvalue weighted by molar-refractivity contribution is 5.77. The molecule has 2 unspecified atom stereocenters. The molecule has 0 aromatic carbocycles. The Bertz CT molecular complexity index is 392. The maximum atomic E-state index is 13.3. The maximum Gasteiger partial charge on any atom is 0.248 e. The Balaban J connectivity index is 0.00000112. The van der Waals surface area contributed by atoms with Gasteiger partial charge in [-0.05, 0) is 31.1 Å². The van der Waals surface area contributed by atoms with Crippen LogP contribution >= 0.6 is 0 Å². The van der Waals surface area contributed by atoms with Crippen molar-refractivity contribution in [3.8, 4) is 6.07 Å². The topological polar surface area (TPSA) is 73.1 Å². The summed E-state index contributed by atoms with van der Waals surface area (Å²) >= 11 is 0. The van der Waals surface area contributed by atoms with Crippen LogP contribution in [0.5, 0.6) is 0 Å². The first kappa shape index (κ1) is 21.8. The first-order valence-electron chi connectivity index (χ1n) is 8.44. The Morgan fingerprint density at radius 3 is 2.09 bits per heavy atom. The van der Waals surface area contributed by atoms with Gasteiger partial charge in [-0.3, -0.25) is 4.79 Å². The molecular weight excluding hydrogens is 302 g/mol. The summed E-state index contributed by atoms with van der Waals surface area (Å²) < 4.78 is 26.6. The molecular formula is C17H30F2N2O2. The number of amides is 1. The van der Waals surface area contributed by atoms with Crippen LogP contribution in [0.25, 0.3) is 0 Å². The highest BCUT2D eigenvalue weighted by Gasteiger charge is 2.56. The normalized spacial score (nSPS) is 30.0. The molecule has 0 bridgehead atoms. The van der Waals surface area contributed by atoms with Crippen molar-refractivity contribution in [2.24, 2.45) is 11.8 Å². The van der Waals surface area contributed by atoms with Gasteiger partial charge in [-0.2, -0.15) is 5.26 Å². The van der Waals surface area contributed by atoms with Crippen molar-refractivity contribution in [1.82, 2.24) is 5.32 Å². The lowest BCUT2D eigenvalue weighted by atomic mass is 9.94. The molecule has 2 aliphatic rings. The molecule has 134 valence electrons. The third-order valence-corrected chi connectivity index (χ3v) is 4.36. The molecule has 23 heavy (non-hydrogen) atoms. The van der Waals surface area contributed by atoms with Crippen LogP contribution < -0.4 is 5.32 Å². The van der Waals surface area contributed by atoms with Crippen molar-refractivity contribution in [2.75, 3.05) is 7.11 Å². The summed E-state index contributed by atoms with van der Waals surface area (Å²) in [7, 11) is 1.00. The van der Waals surface area contributed by atoms with E-state index in [1.54, 1.807) is 0 Å². The number of nitrogens with one attached hydrogen (secondary N) is 1. The zero-order valence-corrected chi connectivity index (χ0v) is 14.7. The molecule has 2 aliphatic carbocycles. The predicted molar refractivity (Wildman–Crippen MR) is 85.9 cm³/mol. The van der Waals surface area contributed by atoms with Gasteiger partial charge in [-0.25, -0.2) is 8.78 Å². The predicted octanol–water partition coefficient (Wildman–Crippen LogP) is 3.65. The SMILES string of the molecule is CC.CCCCC(=O)NC1(C#N)CC2CC(F)(F)CC2C1.CO. The monoisotopic (exact) mass is 332 g/mol. The third-order valence-electron chi connectivity index (χ3n) is 4.36. The molecule has 2 saturated carbocycles. The van der Waals surface area contributed by atoms with Crippen LogP contribution in [0.15, 0.2) is 0 Å². The minimum atomic E-state index is -2.58. The summed E-state index contributed by atoms with van der Waals surface area (Å²) in [5, 5.41) is 19.1. The number of aliphatic hydroxyl groups excluding tert-OH is 1. The molecule has 0 saturated heterocycles. The van der Waals surface area contributed by atoms with Crippen LogP contribution in [0.2, 0.25) is 0 Å². The Morgan fingerprint density at radius 2 is 1.70 bits per heavy atom. The van der Waals surface area contributed by atoms with Crippen LogP contribution in [0, 0.1) is 23.2 Å². The van der Waals surface area contributed by atoms with Gasteiger partial charge in [0.2, 0.25) is 11.8 Å². The van der Waals surface area contributed by atoms with Gasteiger partial charge in [0.05, 0.1) is 6.07 Å². The summed E-state index contributed by atoms with van der Waals surface area (Å²) in [5.41, 5.74) is -0.906. The second-order valence-electron chi connectivity index (χ2n) is 6.04. The number of aliphatic hydroxyl groups is 1. The van der Waals surface area contributed by atoms with Crippen molar-refractivity contribution in [3.05, 3.63) is 0 Å². The number of nitriles is 1. The molecule has 1 amide bonds. The zero-order chi connectivity index (χ0) is 18.1. The first-order chi connectivity index (χ1) is 10.9. The number of hydrogen-bond acceptors (Lipinski definition) is 3. The van der Waals surface area contributed by atoms with Crippen LogP contribution in [-0.4, -0.2) is 29.6 Å². The summed E-state index contributed by atoms with van der Waals surface area (Å²) in [6.45, 7) is 6.00. The zero-order valence-electron chi connectivity index (χ0n) is 14.7. The molecule has 2 rings (SSSR count). The number of fused-ring (bicyclic) bond motifs is 1. The molecule has 0 aromatic rings. The highest BCUT2D eigenvalue weighted by Crippen LogP contribution is 2.54. The first-order valence-corrected chi connectivity index (χ1v) is 8.44. The van der Waals surface area contributed by atoms with E-state index in [9.17, 15) is 18.8 Å². The Hall–Kier alpha value is -1.22. The minimum Gasteiger partial charge on any atom is -0.400 e. The maximum absolute atomic E-state index is 13.3. The van der Waals surface area contributed by atoms with E-state index in [1.165, 1.54) is 0 Å². The van der Waals surface area contributed by atoms with Gasteiger partial charge in [0.15, 0.2) is 0 Å². The van der Waals surface area contributed by atoms with Crippen LogP contribution in [0.1, 0.15) is 65.7 Å². The average molecular weight is 332 g/mol. The standard InChI is InChI=1S/C14H20F2N2O.C2H6.CH4O/c1-2-3-4-12(19)18-13(9-17)5-10-7-14(15,16)8-11(10)6-13;2*1-2/h10-11H,2-8H2,1H3,(H,18,19);1-2H3;2H,1H3. The lowest BCUT2D eigenvalue weighted by Gasteiger charge is -2.24. The van der Waals surface area contributed by atoms with Crippen molar-refractivity contribution < 1.29 is 18.7 Å². The minimum absolute atomic E-state index is 0.124. The van der Waals surface area contributed by atoms with E-state index >= 15 is 0 Å². The van der Waals surface area contributed by atoms with E-state index in [1.807, 2.05) is 20.8 Å². The second kappa shape index (κ2) is 9.82. The quantitative estimate of drug-likeness (QED) is 0.825. The van der Waals surface area contributed by atoms with Crippen LogP contribution in [0.3, 0.4) is 0 Å². The molecule has 2 atom stereocenters. The number of carbonyl (C=O) groups excluding carboxylic acids is 1. The number of rotatable bonds is 4. The van der Waals surface area contributed by atoms with Crippen molar-refractivity contribution in [2.45, 2.75) is 77.2 Å². The van der Waals surface area contributed by atoms with Crippen molar-refractivity contribution in [3.63, 3.8) is 0 Å². The summed E-state index contributed by atoms with van der Waals surface area (Å²) in [4.78, 5) is 11.8. The molecule has 2 N–H and O–H groups in total. The van der Waals surface area contributed by atoms with E-state index in [2.05, 4.69) is 11.4 Å². The van der Waals surface area contributed by atoms with Gasteiger partial charge < -0.3 is 10.4 Å². The molecule has 0 heterocycles. The molecule has 0 aromatic heterocycles. The number of alkyl halides is 2. The summed E-state index contributed by atoms with van der Waals surface area (Å²) in [6.07, 6.45) is 2.61. The molecule has 4 nitrogen and oxygen atoms in total. The fourth-order valence-corrected chi connectivity index (χ4v) is 3.53. The average Bonchev–Trinajstić information content (AvgIpc) is 2.99. The Labute approximate surface area is 138 Å². The van der Waals surface area contributed by atoms with E-state index in [-0.39, 0.29) is 30.6 Å². The number of carbonyl (C=O) groups is 1. The molecule has 0 spiro atoms. The van der Waals surface area contributed by atoms with Crippen LogP contribution in [0.4, 0.5) is 8.78 Å². The number of hydrogen-bond donors (Lipinski definition) is 2. The van der Waals surface area contributed by atoms with Gasteiger partial charge in [0.1, 0.15) is 5.54 Å². The van der Waals surface area contributed by atoms with E-state index < -0.39 is 11.5 Å². The molecule has 2 fully saturated rings. The number of nitrogens with zero attached hydrogens (tertiary/aromatic N) is 1.